The number of anilines is 1. The molecule has 2 atom stereocenters. The van der Waals surface area contributed by atoms with E-state index in [4.69, 9.17) is 4.74 Å². The van der Waals surface area contributed by atoms with Gasteiger partial charge in [0.25, 0.3) is 0 Å². The predicted molar refractivity (Wildman–Crippen MR) is 94.5 cm³/mol. The standard InChI is InChI=1S/C18H20FN3O2S/c19-12-5-6-16-13(11-12)14(3-2-9-24-16)21-17(23)15-4-1-8-22(15)18-20-7-10-25-18/h5-7,10-11,14-15H,1-4,8-9H2,(H,21,23)/t14-,15+/m1/s1. The minimum Gasteiger partial charge on any atom is -0.493 e. The van der Waals surface area contributed by atoms with E-state index < -0.39 is 0 Å². The zero-order chi connectivity index (χ0) is 17.2. The van der Waals surface area contributed by atoms with E-state index in [1.165, 1.54) is 12.1 Å². The van der Waals surface area contributed by atoms with E-state index in [0.717, 1.165) is 42.9 Å². The van der Waals surface area contributed by atoms with E-state index in [1.54, 1.807) is 23.6 Å². The summed E-state index contributed by atoms with van der Waals surface area (Å²) in [6.45, 7) is 1.42. The Balaban J connectivity index is 1.53. The van der Waals surface area contributed by atoms with Crippen molar-refractivity contribution in [2.75, 3.05) is 18.1 Å². The van der Waals surface area contributed by atoms with Gasteiger partial charge in [0.2, 0.25) is 5.91 Å². The van der Waals surface area contributed by atoms with Crippen molar-refractivity contribution in [2.24, 2.45) is 0 Å². The lowest BCUT2D eigenvalue weighted by atomic mass is 10.0. The summed E-state index contributed by atoms with van der Waals surface area (Å²) in [7, 11) is 0. The number of hydrogen-bond acceptors (Lipinski definition) is 5. The maximum Gasteiger partial charge on any atom is 0.243 e. The first-order valence-corrected chi connectivity index (χ1v) is 9.49. The number of benzene rings is 1. The SMILES string of the molecule is O=C(N[C@@H]1CCCOc2ccc(F)cc21)[C@@H]1CCCN1c1nccs1. The van der Waals surface area contributed by atoms with Gasteiger partial charge >= 0.3 is 0 Å². The normalized spacial score (nSPS) is 22.8. The number of thiazole rings is 1. The average Bonchev–Trinajstić information content (AvgIpc) is 3.26. The lowest BCUT2D eigenvalue weighted by Crippen LogP contribution is -2.44. The van der Waals surface area contributed by atoms with Gasteiger partial charge in [-0.05, 0) is 43.9 Å². The number of halogens is 1. The monoisotopic (exact) mass is 361 g/mol. The van der Waals surface area contributed by atoms with Crippen molar-refractivity contribution < 1.29 is 13.9 Å². The van der Waals surface area contributed by atoms with Gasteiger partial charge in [-0.25, -0.2) is 9.37 Å². The second-order valence-corrected chi connectivity index (χ2v) is 7.27. The van der Waals surface area contributed by atoms with Gasteiger partial charge in [0, 0.05) is 23.7 Å². The molecule has 132 valence electrons. The molecule has 2 aliphatic rings. The Morgan fingerprint density at radius 3 is 3.12 bits per heavy atom. The number of carbonyl (C=O) groups is 1. The van der Waals surface area contributed by atoms with Gasteiger partial charge in [0.15, 0.2) is 5.13 Å². The third-order valence-corrected chi connectivity index (χ3v) is 5.59. The van der Waals surface area contributed by atoms with Gasteiger partial charge in [0.05, 0.1) is 12.6 Å². The summed E-state index contributed by atoms with van der Waals surface area (Å²) in [5, 5.41) is 5.93. The molecule has 1 aromatic heterocycles. The maximum absolute atomic E-state index is 13.7. The van der Waals surface area contributed by atoms with Crippen molar-refractivity contribution in [3.05, 3.63) is 41.2 Å². The summed E-state index contributed by atoms with van der Waals surface area (Å²) in [6, 6.07) is 4.07. The highest BCUT2D eigenvalue weighted by atomic mass is 32.1. The molecule has 1 amide bonds. The van der Waals surface area contributed by atoms with Crippen LogP contribution < -0.4 is 15.0 Å². The van der Waals surface area contributed by atoms with Gasteiger partial charge < -0.3 is 15.0 Å². The first-order valence-electron chi connectivity index (χ1n) is 8.61. The van der Waals surface area contributed by atoms with Gasteiger partial charge in [-0.15, -0.1) is 11.3 Å². The van der Waals surface area contributed by atoms with Crippen molar-refractivity contribution in [1.82, 2.24) is 10.3 Å². The summed E-state index contributed by atoms with van der Waals surface area (Å²) in [4.78, 5) is 19.3. The third-order valence-electron chi connectivity index (χ3n) is 4.78. The smallest absolute Gasteiger partial charge is 0.243 e. The third kappa shape index (κ3) is 3.33. The molecule has 1 aromatic carbocycles. The Morgan fingerprint density at radius 2 is 2.28 bits per heavy atom. The first kappa shape index (κ1) is 16.3. The fourth-order valence-corrected chi connectivity index (χ4v) is 4.31. The van der Waals surface area contributed by atoms with Crippen LogP contribution in [0.1, 0.15) is 37.3 Å². The van der Waals surface area contributed by atoms with Gasteiger partial charge in [-0.2, -0.15) is 0 Å². The van der Waals surface area contributed by atoms with Crippen LogP contribution in [-0.4, -0.2) is 30.1 Å². The van der Waals surface area contributed by atoms with Crippen LogP contribution in [0.25, 0.3) is 0 Å². The van der Waals surface area contributed by atoms with E-state index in [0.29, 0.717) is 12.4 Å². The molecule has 1 fully saturated rings. The summed E-state index contributed by atoms with van der Waals surface area (Å²) >= 11 is 1.55. The van der Waals surface area contributed by atoms with Crippen molar-refractivity contribution in [2.45, 2.75) is 37.8 Å². The fourth-order valence-electron chi connectivity index (χ4n) is 3.59. The molecule has 1 saturated heterocycles. The molecule has 5 nitrogen and oxygen atoms in total. The first-order chi connectivity index (χ1) is 12.2. The second-order valence-electron chi connectivity index (χ2n) is 6.40. The quantitative estimate of drug-likeness (QED) is 0.912. The molecule has 25 heavy (non-hydrogen) atoms. The number of aromatic nitrogens is 1. The molecule has 0 spiro atoms. The number of fused-ring (bicyclic) bond motifs is 1. The maximum atomic E-state index is 13.7. The number of hydrogen-bond donors (Lipinski definition) is 1. The minimum absolute atomic E-state index is 0.0187. The van der Waals surface area contributed by atoms with Crippen molar-refractivity contribution in [3.63, 3.8) is 0 Å². The molecule has 0 aliphatic carbocycles. The van der Waals surface area contributed by atoms with Gasteiger partial charge in [-0.3, -0.25) is 4.79 Å². The van der Waals surface area contributed by atoms with Crippen molar-refractivity contribution >= 4 is 22.4 Å². The molecule has 4 rings (SSSR count). The van der Waals surface area contributed by atoms with Crippen LogP contribution in [0, 0.1) is 5.82 Å². The number of carbonyl (C=O) groups excluding carboxylic acids is 1. The highest BCUT2D eigenvalue weighted by Gasteiger charge is 2.34. The highest BCUT2D eigenvalue weighted by molar-refractivity contribution is 7.13. The van der Waals surface area contributed by atoms with E-state index >= 15 is 0 Å². The van der Waals surface area contributed by atoms with Crippen LogP contribution in [0.5, 0.6) is 5.75 Å². The highest BCUT2D eigenvalue weighted by Crippen LogP contribution is 2.33. The Kier molecular flexibility index (Phi) is 4.57. The van der Waals surface area contributed by atoms with Crippen LogP contribution in [0.4, 0.5) is 9.52 Å². The molecule has 0 unspecified atom stereocenters. The van der Waals surface area contributed by atoms with Gasteiger partial charge in [-0.1, -0.05) is 0 Å². The largest absolute Gasteiger partial charge is 0.493 e. The summed E-state index contributed by atoms with van der Waals surface area (Å²) < 4.78 is 19.4. The predicted octanol–water partition coefficient (Wildman–Crippen LogP) is 3.28. The van der Waals surface area contributed by atoms with E-state index in [9.17, 15) is 9.18 Å². The fraction of sp³-hybridized carbons (Fsp3) is 0.444. The molecule has 0 saturated carbocycles. The zero-order valence-electron chi connectivity index (χ0n) is 13.8. The molecule has 2 aromatic rings. The number of rotatable bonds is 3. The number of nitrogens with one attached hydrogen (secondary N) is 1. The number of amides is 1. The topological polar surface area (TPSA) is 54.5 Å². The van der Waals surface area contributed by atoms with Crippen LogP contribution in [0.3, 0.4) is 0 Å². The van der Waals surface area contributed by atoms with Crippen LogP contribution in [0.15, 0.2) is 29.8 Å². The Labute approximate surface area is 149 Å². The lowest BCUT2D eigenvalue weighted by molar-refractivity contribution is -0.123. The van der Waals surface area contributed by atoms with Crippen LogP contribution >= 0.6 is 11.3 Å². The second kappa shape index (κ2) is 7.00. The summed E-state index contributed by atoms with van der Waals surface area (Å²) in [5.74, 6) is 0.330. The Hall–Kier alpha value is -2.15. The molecule has 3 heterocycles. The van der Waals surface area contributed by atoms with Crippen molar-refractivity contribution in [1.29, 1.82) is 0 Å². The van der Waals surface area contributed by atoms with Crippen molar-refractivity contribution in [3.8, 4) is 5.75 Å². The number of ether oxygens (including phenoxy) is 1. The molecule has 1 N–H and O–H groups in total. The van der Waals surface area contributed by atoms with Gasteiger partial charge in [0.1, 0.15) is 17.6 Å². The molecule has 0 radical (unpaired) electrons. The summed E-state index contributed by atoms with van der Waals surface area (Å²) in [5.41, 5.74) is 0.727. The molecule has 2 aliphatic heterocycles. The Morgan fingerprint density at radius 1 is 1.36 bits per heavy atom. The van der Waals surface area contributed by atoms with Crippen LogP contribution in [-0.2, 0) is 4.79 Å². The Bertz CT molecular complexity index is 753. The van der Waals surface area contributed by atoms with E-state index in [-0.39, 0.29) is 23.8 Å². The molecular formula is C18H20FN3O2S. The van der Waals surface area contributed by atoms with E-state index in [2.05, 4.69) is 15.2 Å². The van der Waals surface area contributed by atoms with E-state index in [1.807, 2.05) is 5.38 Å². The average molecular weight is 361 g/mol. The minimum atomic E-state index is -0.311. The summed E-state index contributed by atoms with van der Waals surface area (Å²) in [6.07, 6.45) is 5.10. The number of nitrogens with zero attached hydrogens (tertiary/aromatic N) is 2. The molecule has 7 heteroatoms. The lowest BCUT2D eigenvalue weighted by Gasteiger charge is -2.26. The van der Waals surface area contributed by atoms with Crippen LogP contribution in [0.2, 0.25) is 0 Å². The molecule has 0 bridgehead atoms. The molecular weight excluding hydrogens is 341 g/mol. The zero-order valence-corrected chi connectivity index (χ0v) is 14.6.